The Kier molecular flexibility index (Phi) is 3.72. The second kappa shape index (κ2) is 5.27. The molecule has 1 N–H and O–H groups in total. The minimum atomic E-state index is -0.809. The number of carboxylic acids is 1. The van der Waals surface area contributed by atoms with Gasteiger partial charge in [-0.3, -0.25) is 4.79 Å². The molecule has 1 heterocycles. The normalized spacial score (nSPS) is 14.6. The lowest BCUT2D eigenvalue weighted by Gasteiger charge is -2.13. The summed E-state index contributed by atoms with van der Waals surface area (Å²) in [7, 11) is 1.60. The van der Waals surface area contributed by atoms with E-state index >= 15 is 0 Å². The predicted octanol–water partition coefficient (Wildman–Crippen LogP) is 1.82. The maximum Gasteiger partial charge on any atom is 0.306 e. The summed E-state index contributed by atoms with van der Waals surface area (Å²) in [4.78, 5) is 10.9. The van der Waals surface area contributed by atoms with E-state index in [1.807, 2.05) is 12.1 Å². The quantitative estimate of drug-likeness (QED) is 0.866. The van der Waals surface area contributed by atoms with E-state index < -0.39 is 11.9 Å². The number of carbonyl (C=O) groups is 1. The number of hydrogen-bond acceptors (Lipinski definition) is 4. The third kappa shape index (κ3) is 2.41. The van der Waals surface area contributed by atoms with Crippen molar-refractivity contribution in [3.63, 3.8) is 0 Å². The Morgan fingerprint density at radius 1 is 1.50 bits per heavy atom. The van der Waals surface area contributed by atoms with E-state index in [2.05, 4.69) is 0 Å². The van der Waals surface area contributed by atoms with Gasteiger partial charge in [0.2, 0.25) is 6.79 Å². The third-order valence-corrected chi connectivity index (χ3v) is 2.98. The maximum atomic E-state index is 10.9. The van der Waals surface area contributed by atoms with Gasteiger partial charge in [-0.05, 0) is 18.1 Å². The van der Waals surface area contributed by atoms with Crippen LogP contribution in [0.2, 0.25) is 0 Å². The summed E-state index contributed by atoms with van der Waals surface area (Å²) in [5, 5.41) is 8.97. The standard InChI is InChI=1S/C13H16O5/c1-8(13(14)15)5-9-3-4-11-12(18-7-17-11)10(9)6-16-2/h3-4,8H,5-7H2,1-2H3,(H,14,15). The van der Waals surface area contributed by atoms with Gasteiger partial charge < -0.3 is 19.3 Å². The Morgan fingerprint density at radius 2 is 2.28 bits per heavy atom. The Hall–Kier alpha value is -1.75. The van der Waals surface area contributed by atoms with Gasteiger partial charge in [0.05, 0.1) is 12.5 Å². The lowest BCUT2D eigenvalue weighted by molar-refractivity contribution is -0.141. The van der Waals surface area contributed by atoms with Gasteiger partial charge in [0, 0.05) is 12.7 Å². The van der Waals surface area contributed by atoms with Crippen molar-refractivity contribution in [3.8, 4) is 11.5 Å². The van der Waals surface area contributed by atoms with E-state index in [1.54, 1.807) is 14.0 Å². The molecule has 98 valence electrons. The molecule has 0 saturated heterocycles. The fourth-order valence-electron chi connectivity index (χ4n) is 1.98. The summed E-state index contributed by atoms with van der Waals surface area (Å²) in [6, 6.07) is 3.69. The smallest absolute Gasteiger partial charge is 0.306 e. The van der Waals surface area contributed by atoms with Crippen molar-refractivity contribution in [2.45, 2.75) is 20.0 Å². The molecule has 5 heteroatoms. The largest absolute Gasteiger partial charge is 0.481 e. The van der Waals surface area contributed by atoms with Crippen LogP contribution in [0.25, 0.3) is 0 Å². The van der Waals surface area contributed by atoms with Gasteiger partial charge in [-0.1, -0.05) is 13.0 Å². The zero-order valence-corrected chi connectivity index (χ0v) is 10.4. The van der Waals surface area contributed by atoms with Crippen LogP contribution >= 0.6 is 0 Å². The average molecular weight is 252 g/mol. The molecule has 1 aliphatic heterocycles. The van der Waals surface area contributed by atoms with Gasteiger partial charge in [0.15, 0.2) is 11.5 Å². The summed E-state index contributed by atoms with van der Waals surface area (Å²) >= 11 is 0. The molecule has 0 spiro atoms. The highest BCUT2D eigenvalue weighted by atomic mass is 16.7. The van der Waals surface area contributed by atoms with Crippen LogP contribution < -0.4 is 9.47 Å². The van der Waals surface area contributed by atoms with Crippen LogP contribution in [0.1, 0.15) is 18.1 Å². The number of methoxy groups -OCH3 is 1. The fourth-order valence-corrected chi connectivity index (χ4v) is 1.98. The lowest BCUT2D eigenvalue weighted by atomic mass is 9.96. The number of rotatable bonds is 5. The molecule has 1 atom stereocenters. The number of benzene rings is 1. The molecule has 0 fully saturated rings. The van der Waals surface area contributed by atoms with E-state index in [9.17, 15) is 4.79 Å². The molecule has 2 rings (SSSR count). The number of ether oxygens (including phenoxy) is 3. The average Bonchev–Trinajstić information content (AvgIpc) is 2.80. The van der Waals surface area contributed by atoms with Crippen LogP contribution in [0.3, 0.4) is 0 Å². The molecule has 0 bridgehead atoms. The van der Waals surface area contributed by atoms with Crippen LogP contribution in [-0.4, -0.2) is 25.0 Å². The Balaban J connectivity index is 2.32. The fraction of sp³-hybridized carbons (Fsp3) is 0.462. The minimum absolute atomic E-state index is 0.198. The van der Waals surface area contributed by atoms with Crippen LogP contribution in [0, 0.1) is 5.92 Å². The van der Waals surface area contributed by atoms with Crippen LogP contribution in [0.5, 0.6) is 11.5 Å². The Labute approximate surface area is 105 Å². The number of hydrogen-bond donors (Lipinski definition) is 1. The van der Waals surface area contributed by atoms with Crippen molar-refractivity contribution in [2.24, 2.45) is 5.92 Å². The maximum absolute atomic E-state index is 10.9. The first-order valence-corrected chi connectivity index (χ1v) is 5.75. The molecule has 0 aromatic heterocycles. The van der Waals surface area contributed by atoms with E-state index in [0.717, 1.165) is 11.1 Å². The lowest BCUT2D eigenvalue weighted by Crippen LogP contribution is -2.13. The Morgan fingerprint density at radius 3 is 2.94 bits per heavy atom. The van der Waals surface area contributed by atoms with E-state index in [4.69, 9.17) is 19.3 Å². The molecule has 1 unspecified atom stereocenters. The van der Waals surface area contributed by atoms with Gasteiger partial charge in [-0.15, -0.1) is 0 Å². The van der Waals surface area contributed by atoms with Gasteiger partial charge in [-0.25, -0.2) is 0 Å². The predicted molar refractivity (Wildman–Crippen MR) is 63.8 cm³/mol. The van der Waals surface area contributed by atoms with Crippen LogP contribution in [0.4, 0.5) is 0 Å². The summed E-state index contributed by atoms with van der Waals surface area (Å²) in [6.07, 6.45) is 0.449. The molecule has 0 saturated carbocycles. The monoisotopic (exact) mass is 252 g/mol. The SMILES string of the molecule is COCc1c(CC(C)C(=O)O)ccc2c1OCO2. The molecule has 0 amide bonds. The molecular weight excluding hydrogens is 236 g/mol. The molecule has 1 aliphatic rings. The zero-order valence-electron chi connectivity index (χ0n) is 10.4. The van der Waals surface area contributed by atoms with Crippen molar-refractivity contribution in [1.29, 1.82) is 0 Å². The van der Waals surface area contributed by atoms with Crippen molar-refractivity contribution in [1.82, 2.24) is 0 Å². The summed E-state index contributed by atoms with van der Waals surface area (Å²) in [6.45, 7) is 2.27. The number of carboxylic acid groups (broad SMARTS) is 1. The molecule has 0 radical (unpaired) electrons. The molecular formula is C13H16O5. The minimum Gasteiger partial charge on any atom is -0.481 e. The van der Waals surface area contributed by atoms with Crippen LogP contribution in [0.15, 0.2) is 12.1 Å². The highest BCUT2D eigenvalue weighted by Gasteiger charge is 2.22. The summed E-state index contributed by atoms with van der Waals surface area (Å²) < 4.78 is 15.9. The molecule has 18 heavy (non-hydrogen) atoms. The molecule has 5 nitrogen and oxygen atoms in total. The van der Waals surface area contributed by atoms with Gasteiger partial charge >= 0.3 is 5.97 Å². The van der Waals surface area contributed by atoms with E-state index in [1.165, 1.54) is 0 Å². The number of aliphatic carboxylic acids is 1. The van der Waals surface area contributed by atoms with E-state index in [-0.39, 0.29) is 6.79 Å². The molecule has 0 aliphatic carbocycles. The summed E-state index contributed by atoms with van der Waals surface area (Å²) in [5.41, 5.74) is 1.80. The highest BCUT2D eigenvalue weighted by molar-refractivity contribution is 5.70. The van der Waals surface area contributed by atoms with Crippen molar-refractivity contribution < 1.29 is 24.1 Å². The molecule has 1 aromatic carbocycles. The van der Waals surface area contributed by atoms with Gasteiger partial charge in [-0.2, -0.15) is 0 Å². The van der Waals surface area contributed by atoms with Gasteiger partial charge in [0.1, 0.15) is 0 Å². The second-order valence-electron chi connectivity index (χ2n) is 4.31. The summed E-state index contributed by atoms with van der Waals surface area (Å²) in [5.74, 6) is 0.109. The first kappa shape index (κ1) is 12.7. The topological polar surface area (TPSA) is 65.0 Å². The van der Waals surface area contributed by atoms with E-state index in [0.29, 0.717) is 24.5 Å². The van der Waals surface area contributed by atoms with Crippen molar-refractivity contribution in [3.05, 3.63) is 23.3 Å². The molecule has 1 aromatic rings. The highest BCUT2D eigenvalue weighted by Crippen LogP contribution is 2.38. The second-order valence-corrected chi connectivity index (χ2v) is 4.31. The third-order valence-electron chi connectivity index (χ3n) is 2.98. The first-order chi connectivity index (χ1) is 8.63. The van der Waals surface area contributed by atoms with Crippen LogP contribution in [-0.2, 0) is 22.6 Å². The van der Waals surface area contributed by atoms with Crippen molar-refractivity contribution in [2.75, 3.05) is 13.9 Å². The Bertz CT molecular complexity index is 455. The first-order valence-electron chi connectivity index (χ1n) is 5.75. The van der Waals surface area contributed by atoms with Gasteiger partial charge in [0.25, 0.3) is 0 Å². The number of fused-ring (bicyclic) bond motifs is 1. The van der Waals surface area contributed by atoms with Crippen molar-refractivity contribution >= 4 is 5.97 Å². The zero-order chi connectivity index (χ0) is 13.1.